The number of aryl methyl sites for hydroxylation is 1. The summed E-state index contributed by atoms with van der Waals surface area (Å²) in [6.07, 6.45) is 0. The molecule has 0 fully saturated rings. The molecule has 1 atom stereocenters. The highest BCUT2D eigenvalue weighted by Gasteiger charge is 2.19. The summed E-state index contributed by atoms with van der Waals surface area (Å²) in [5.41, 5.74) is 2.44. The Labute approximate surface area is 126 Å². The predicted molar refractivity (Wildman–Crippen MR) is 85.3 cm³/mol. The molecule has 0 spiro atoms. The van der Waals surface area contributed by atoms with Crippen LogP contribution in [0.15, 0.2) is 34.1 Å². The zero-order valence-corrected chi connectivity index (χ0v) is 13.8. The van der Waals surface area contributed by atoms with Crippen molar-refractivity contribution in [3.8, 4) is 5.75 Å². The van der Waals surface area contributed by atoms with Crippen LogP contribution in [0.4, 0.5) is 0 Å². The van der Waals surface area contributed by atoms with Crippen molar-refractivity contribution in [1.82, 2.24) is 5.32 Å². The zero-order chi connectivity index (χ0) is 13.8. The first-order valence-corrected chi connectivity index (χ1v) is 7.89. The minimum Gasteiger partial charge on any atom is -0.496 e. The van der Waals surface area contributed by atoms with Crippen LogP contribution < -0.4 is 10.1 Å². The summed E-state index contributed by atoms with van der Waals surface area (Å²) < 4.78 is 6.66. The van der Waals surface area contributed by atoms with Gasteiger partial charge in [0.15, 0.2) is 0 Å². The van der Waals surface area contributed by atoms with Crippen molar-refractivity contribution in [2.24, 2.45) is 0 Å². The van der Waals surface area contributed by atoms with E-state index in [-0.39, 0.29) is 6.04 Å². The van der Waals surface area contributed by atoms with E-state index in [2.05, 4.69) is 59.4 Å². The first-order chi connectivity index (χ1) is 9.15. The second kappa shape index (κ2) is 6.55. The van der Waals surface area contributed by atoms with E-state index < -0.39 is 0 Å². The highest BCUT2D eigenvalue weighted by Crippen LogP contribution is 2.35. The maximum Gasteiger partial charge on any atom is 0.124 e. The topological polar surface area (TPSA) is 21.3 Å². The van der Waals surface area contributed by atoms with E-state index in [1.165, 1.54) is 16.0 Å². The van der Waals surface area contributed by atoms with Gasteiger partial charge in [0.2, 0.25) is 0 Å². The molecule has 19 heavy (non-hydrogen) atoms. The van der Waals surface area contributed by atoms with Crippen molar-refractivity contribution in [3.05, 3.63) is 50.1 Å². The minimum absolute atomic E-state index is 0.177. The Morgan fingerprint density at radius 1 is 1.32 bits per heavy atom. The van der Waals surface area contributed by atoms with Crippen LogP contribution in [0.1, 0.15) is 29.0 Å². The Morgan fingerprint density at radius 3 is 2.68 bits per heavy atom. The van der Waals surface area contributed by atoms with Gasteiger partial charge in [-0.05, 0) is 47.6 Å². The van der Waals surface area contributed by atoms with Gasteiger partial charge in [0, 0.05) is 10.4 Å². The molecule has 0 amide bonds. The quantitative estimate of drug-likeness (QED) is 0.864. The van der Waals surface area contributed by atoms with Crippen LogP contribution in [0.2, 0.25) is 0 Å². The second-order valence-corrected chi connectivity index (χ2v) is 6.87. The van der Waals surface area contributed by atoms with Gasteiger partial charge in [-0.3, -0.25) is 0 Å². The third kappa shape index (κ3) is 3.38. The number of hydrogen-bond donors (Lipinski definition) is 1. The van der Waals surface area contributed by atoms with Gasteiger partial charge < -0.3 is 10.1 Å². The first-order valence-electron chi connectivity index (χ1n) is 6.29. The molecule has 1 unspecified atom stereocenters. The minimum atomic E-state index is 0.177. The molecular weight excluding hydrogens is 322 g/mol. The Morgan fingerprint density at radius 2 is 2.11 bits per heavy atom. The van der Waals surface area contributed by atoms with Crippen LogP contribution in [0.3, 0.4) is 0 Å². The van der Waals surface area contributed by atoms with Gasteiger partial charge in [-0.25, -0.2) is 0 Å². The van der Waals surface area contributed by atoms with Gasteiger partial charge in [-0.15, -0.1) is 11.3 Å². The predicted octanol–water partition coefficient (Wildman–Crippen LogP) is 4.53. The molecule has 0 radical (unpaired) electrons. The summed E-state index contributed by atoms with van der Waals surface area (Å²) in [5.74, 6) is 0.932. The third-order valence-corrected chi connectivity index (χ3v) is 4.67. The SMILES string of the molecule is CCNC(c1ccc(Br)s1)c1cc(C)ccc1OC. The van der Waals surface area contributed by atoms with E-state index in [4.69, 9.17) is 4.74 Å². The van der Waals surface area contributed by atoms with E-state index >= 15 is 0 Å². The van der Waals surface area contributed by atoms with Gasteiger partial charge in [0.25, 0.3) is 0 Å². The van der Waals surface area contributed by atoms with Crippen molar-refractivity contribution < 1.29 is 4.74 Å². The molecule has 1 aromatic carbocycles. The number of nitrogens with one attached hydrogen (secondary N) is 1. The molecule has 2 rings (SSSR count). The number of ether oxygens (including phenoxy) is 1. The molecule has 0 saturated carbocycles. The van der Waals surface area contributed by atoms with Crippen LogP contribution in [-0.2, 0) is 0 Å². The Balaban J connectivity index is 2.46. The lowest BCUT2D eigenvalue weighted by Gasteiger charge is -2.20. The Bertz CT molecular complexity index is 553. The number of thiophene rings is 1. The van der Waals surface area contributed by atoms with Gasteiger partial charge in [-0.1, -0.05) is 24.6 Å². The molecule has 1 aromatic heterocycles. The molecule has 0 saturated heterocycles. The monoisotopic (exact) mass is 339 g/mol. The molecule has 0 aliphatic rings. The summed E-state index contributed by atoms with van der Waals surface area (Å²) in [4.78, 5) is 1.29. The van der Waals surface area contributed by atoms with Gasteiger partial charge in [-0.2, -0.15) is 0 Å². The Hall–Kier alpha value is -0.840. The maximum absolute atomic E-state index is 5.51. The fourth-order valence-corrected chi connectivity index (χ4v) is 3.65. The molecule has 2 aromatic rings. The molecule has 0 bridgehead atoms. The van der Waals surface area contributed by atoms with Crippen LogP contribution in [-0.4, -0.2) is 13.7 Å². The lowest BCUT2D eigenvalue weighted by molar-refractivity contribution is 0.404. The fourth-order valence-electron chi connectivity index (χ4n) is 2.13. The number of benzene rings is 1. The summed E-state index contributed by atoms with van der Waals surface area (Å²) in [6.45, 7) is 5.14. The molecule has 1 heterocycles. The van der Waals surface area contributed by atoms with Crippen LogP contribution in [0, 0.1) is 6.92 Å². The molecule has 102 valence electrons. The van der Waals surface area contributed by atoms with Gasteiger partial charge in [0.1, 0.15) is 5.75 Å². The van der Waals surface area contributed by atoms with Crippen LogP contribution in [0.25, 0.3) is 0 Å². The summed E-state index contributed by atoms with van der Waals surface area (Å²) >= 11 is 5.29. The van der Waals surface area contributed by atoms with Crippen molar-refractivity contribution in [2.45, 2.75) is 19.9 Å². The molecule has 0 aliphatic carbocycles. The van der Waals surface area contributed by atoms with E-state index in [1.807, 2.05) is 6.07 Å². The lowest BCUT2D eigenvalue weighted by atomic mass is 10.0. The summed E-state index contributed by atoms with van der Waals surface area (Å²) in [7, 11) is 1.72. The number of methoxy groups -OCH3 is 1. The lowest BCUT2D eigenvalue weighted by Crippen LogP contribution is -2.21. The largest absolute Gasteiger partial charge is 0.496 e. The average Bonchev–Trinajstić information content (AvgIpc) is 2.82. The average molecular weight is 340 g/mol. The molecule has 1 N–H and O–H groups in total. The van der Waals surface area contributed by atoms with E-state index in [9.17, 15) is 0 Å². The smallest absolute Gasteiger partial charge is 0.124 e. The molecular formula is C15H18BrNOS. The van der Waals surface area contributed by atoms with Crippen LogP contribution in [0.5, 0.6) is 5.75 Å². The summed E-state index contributed by atoms with van der Waals surface area (Å²) in [5, 5.41) is 3.54. The normalized spacial score (nSPS) is 12.4. The summed E-state index contributed by atoms with van der Waals surface area (Å²) in [6, 6.07) is 10.7. The fraction of sp³-hybridized carbons (Fsp3) is 0.333. The molecule has 4 heteroatoms. The van der Waals surface area contributed by atoms with Crippen molar-refractivity contribution in [1.29, 1.82) is 0 Å². The van der Waals surface area contributed by atoms with E-state index in [0.717, 1.165) is 16.1 Å². The van der Waals surface area contributed by atoms with Crippen molar-refractivity contribution in [3.63, 3.8) is 0 Å². The zero-order valence-electron chi connectivity index (χ0n) is 11.4. The van der Waals surface area contributed by atoms with Gasteiger partial charge in [0.05, 0.1) is 16.9 Å². The van der Waals surface area contributed by atoms with E-state index in [1.54, 1.807) is 18.4 Å². The highest BCUT2D eigenvalue weighted by atomic mass is 79.9. The Kier molecular flexibility index (Phi) is 5.02. The van der Waals surface area contributed by atoms with Gasteiger partial charge >= 0.3 is 0 Å². The number of rotatable bonds is 5. The number of hydrogen-bond acceptors (Lipinski definition) is 3. The number of halogens is 1. The molecule has 0 aliphatic heterocycles. The maximum atomic E-state index is 5.51. The highest BCUT2D eigenvalue weighted by molar-refractivity contribution is 9.11. The third-order valence-electron chi connectivity index (χ3n) is 2.98. The first kappa shape index (κ1) is 14.6. The second-order valence-electron chi connectivity index (χ2n) is 4.38. The van der Waals surface area contributed by atoms with Crippen molar-refractivity contribution >= 4 is 27.3 Å². The standard InChI is InChI=1S/C15H18BrNOS/c1-4-17-15(13-7-8-14(16)19-13)11-9-10(2)5-6-12(11)18-3/h5-9,15,17H,4H2,1-3H3. The van der Waals surface area contributed by atoms with Crippen molar-refractivity contribution in [2.75, 3.05) is 13.7 Å². The van der Waals surface area contributed by atoms with Crippen LogP contribution >= 0.6 is 27.3 Å². The van der Waals surface area contributed by atoms with E-state index in [0.29, 0.717) is 0 Å². The molecule has 2 nitrogen and oxygen atoms in total.